The van der Waals surface area contributed by atoms with Crippen LogP contribution in [0.4, 0.5) is 0 Å². The molecular formula is C15H29NOS. The monoisotopic (exact) mass is 271 g/mol. The Kier molecular flexibility index (Phi) is 5.84. The van der Waals surface area contributed by atoms with Gasteiger partial charge in [0.25, 0.3) is 0 Å². The molecule has 0 unspecified atom stereocenters. The Bertz CT molecular complexity index is 235. The third-order valence-corrected chi connectivity index (χ3v) is 5.46. The first-order chi connectivity index (χ1) is 8.74. The molecule has 3 heteroatoms. The number of hydrogen-bond acceptors (Lipinski definition) is 3. The molecule has 1 saturated heterocycles. The average molecular weight is 271 g/mol. The maximum absolute atomic E-state index is 5.51. The van der Waals surface area contributed by atoms with E-state index >= 15 is 0 Å². The van der Waals surface area contributed by atoms with E-state index in [4.69, 9.17) is 4.74 Å². The van der Waals surface area contributed by atoms with Crippen LogP contribution in [0.1, 0.15) is 44.9 Å². The Morgan fingerprint density at radius 2 is 1.83 bits per heavy atom. The summed E-state index contributed by atoms with van der Waals surface area (Å²) < 4.78 is 5.51. The predicted octanol–water partition coefficient (Wildman–Crippen LogP) is 3.23. The summed E-state index contributed by atoms with van der Waals surface area (Å²) in [6.07, 6.45) is 9.62. The van der Waals surface area contributed by atoms with E-state index in [1.54, 1.807) is 0 Å². The normalized spacial score (nSPS) is 25.5. The fraction of sp³-hybridized carbons (Fsp3) is 1.00. The second-order valence-electron chi connectivity index (χ2n) is 6.47. The third kappa shape index (κ3) is 4.14. The van der Waals surface area contributed by atoms with Crippen molar-refractivity contribution in [2.75, 3.05) is 39.1 Å². The lowest BCUT2D eigenvalue weighted by atomic mass is 9.81. The SMILES string of the molecule is CN(CC1CCCCC1)CC1(CS)CCOCC1. The van der Waals surface area contributed by atoms with Crippen molar-refractivity contribution < 1.29 is 4.74 Å². The van der Waals surface area contributed by atoms with Crippen molar-refractivity contribution in [3.8, 4) is 0 Å². The van der Waals surface area contributed by atoms with Crippen molar-refractivity contribution in [1.82, 2.24) is 4.90 Å². The largest absolute Gasteiger partial charge is 0.381 e. The molecule has 106 valence electrons. The fourth-order valence-electron chi connectivity index (χ4n) is 3.62. The van der Waals surface area contributed by atoms with Gasteiger partial charge >= 0.3 is 0 Å². The van der Waals surface area contributed by atoms with Gasteiger partial charge in [0.05, 0.1) is 0 Å². The highest BCUT2D eigenvalue weighted by Gasteiger charge is 2.32. The molecule has 1 heterocycles. The zero-order valence-electron chi connectivity index (χ0n) is 11.9. The first-order valence-corrected chi connectivity index (χ1v) is 8.24. The van der Waals surface area contributed by atoms with Crippen LogP contribution in [0.3, 0.4) is 0 Å². The Hall–Kier alpha value is 0.270. The van der Waals surface area contributed by atoms with Crippen molar-refractivity contribution in [1.29, 1.82) is 0 Å². The lowest BCUT2D eigenvalue weighted by Crippen LogP contribution is -2.43. The topological polar surface area (TPSA) is 12.5 Å². The van der Waals surface area contributed by atoms with Gasteiger partial charge in [-0.1, -0.05) is 19.3 Å². The molecule has 2 fully saturated rings. The van der Waals surface area contributed by atoms with Crippen molar-refractivity contribution >= 4 is 12.6 Å². The summed E-state index contributed by atoms with van der Waals surface area (Å²) in [6.45, 7) is 4.35. The van der Waals surface area contributed by atoms with E-state index in [1.165, 1.54) is 58.0 Å². The van der Waals surface area contributed by atoms with Gasteiger partial charge in [-0.15, -0.1) is 0 Å². The van der Waals surface area contributed by atoms with Crippen LogP contribution in [0.2, 0.25) is 0 Å². The van der Waals surface area contributed by atoms with E-state index in [1.807, 2.05) is 0 Å². The van der Waals surface area contributed by atoms with Gasteiger partial charge in [-0.05, 0) is 49.8 Å². The minimum absolute atomic E-state index is 0.408. The number of nitrogens with zero attached hydrogens (tertiary/aromatic N) is 1. The molecule has 0 spiro atoms. The number of rotatable bonds is 5. The van der Waals surface area contributed by atoms with Gasteiger partial charge in [-0.2, -0.15) is 12.6 Å². The van der Waals surface area contributed by atoms with Crippen molar-refractivity contribution in [3.05, 3.63) is 0 Å². The highest BCUT2D eigenvalue weighted by atomic mass is 32.1. The van der Waals surface area contributed by atoms with Gasteiger partial charge in [0.2, 0.25) is 0 Å². The summed E-state index contributed by atoms with van der Waals surface area (Å²) >= 11 is 4.61. The second kappa shape index (κ2) is 7.16. The molecule has 0 aromatic heterocycles. The third-order valence-electron chi connectivity index (χ3n) is 4.79. The Labute approximate surface area is 118 Å². The molecule has 0 aromatic carbocycles. The van der Waals surface area contributed by atoms with Crippen LogP contribution >= 0.6 is 12.6 Å². The standard InChI is InChI=1S/C15H29NOS/c1-16(11-14-5-3-2-4-6-14)12-15(13-18)7-9-17-10-8-15/h14,18H,2-13H2,1H3. The number of hydrogen-bond donors (Lipinski definition) is 1. The lowest BCUT2D eigenvalue weighted by molar-refractivity contribution is 0.00896. The van der Waals surface area contributed by atoms with Gasteiger partial charge < -0.3 is 9.64 Å². The zero-order valence-corrected chi connectivity index (χ0v) is 12.8. The van der Waals surface area contributed by atoms with E-state index in [2.05, 4.69) is 24.6 Å². The molecule has 0 atom stereocenters. The molecule has 2 rings (SSSR count). The minimum atomic E-state index is 0.408. The van der Waals surface area contributed by atoms with E-state index in [-0.39, 0.29) is 0 Å². The predicted molar refractivity (Wildman–Crippen MR) is 80.4 cm³/mol. The molecule has 1 aliphatic carbocycles. The van der Waals surface area contributed by atoms with Crippen molar-refractivity contribution in [2.24, 2.45) is 11.3 Å². The quantitative estimate of drug-likeness (QED) is 0.771. The number of thiol groups is 1. The summed E-state index contributed by atoms with van der Waals surface area (Å²) in [5.41, 5.74) is 0.408. The maximum Gasteiger partial charge on any atom is 0.0472 e. The van der Waals surface area contributed by atoms with E-state index < -0.39 is 0 Å². The van der Waals surface area contributed by atoms with Crippen LogP contribution in [0.5, 0.6) is 0 Å². The first-order valence-electron chi connectivity index (χ1n) is 7.61. The van der Waals surface area contributed by atoms with E-state index in [9.17, 15) is 0 Å². The molecule has 2 nitrogen and oxygen atoms in total. The molecule has 0 amide bonds. The molecule has 18 heavy (non-hydrogen) atoms. The fourth-order valence-corrected chi connectivity index (χ4v) is 4.03. The van der Waals surface area contributed by atoms with Gasteiger partial charge in [0.1, 0.15) is 0 Å². The molecular weight excluding hydrogens is 242 g/mol. The van der Waals surface area contributed by atoms with Crippen LogP contribution < -0.4 is 0 Å². The molecule has 0 aromatic rings. The Balaban J connectivity index is 1.78. The van der Waals surface area contributed by atoms with E-state index in [0.29, 0.717) is 5.41 Å². The lowest BCUT2D eigenvalue weighted by Gasteiger charge is -2.40. The zero-order chi connectivity index (χ0) is 12.8. The Morgan fingerprint density at radius 1 is 1.17 bits per heavy atom. The molecule has 1 aliphatic heterocycles. The van der Waals surface area contributed by atoms with E-state index in [0.717, 1.165) is 24.9 Å². The highest BCUT2D eigenvalue weighted by molar-refractivity contribution is 7.80. The van der Waals surface area contributed by atoms with Crippen LogP contribution in [0.25, 0.3) is 0 Å². The molecule has 2 aliphatic rings. The average Bonchev–Trinajstić information content (AvgIpc) is 2.41. The van der Waals surface area contributed by atoms with Crippen molar-refractivity contribution in [2.45, 2.75) is 44.9 Å². The highest BCUT2D eigenvalue weighted by Crippen LogP contribution is 2.33. The van der Waals surface area contributed by atoms with Crippen LogP contribution in [-0.2, 0) is 4.74 Å². The molecule has 0 bridgehead atoms. The minimum Gasteiger partial charge on any atom is -0.381 e. The summed E-state index contributed by atoms with van der Waals surface area (Å²) in [6, 6.07) is 0. The van der Waals surface area contributed by atoms with Gasteiger partial charge in [-0.3, -0.25) is 0 Å². The second-order valence-corrected chi connectivity index (χ2v) is 6.79. The molecule has 1 saturated carbocycles. The van der Waals surface area contributed by atoms with Crippen molar-refractivity contribution in [3.63, 3.8) is 0 Å². The molecule has 0 N–H and O–H groups in total. The van der Waals surface area contributed by atoms with Crippen LogP contribution in [-0.4, -0.2) is 44.0 Å². The summed E-state index contributed by atoms with van der Waals surface area (Å²) in [7, 11) is 2.30. The first kappa shape index (κ1) is 14.7. The summed E-state index contributed by atoms with van der Waals surface area (Å²) in [5.74, 6) is 1.95. The van der Waals surface area contributed by atoms with Crippen LogP contribution in [0, 0.1) is 11.3 Å². The summed E-state index contributed by atoms with van der Waals surface area (Å²) in [4.78, 5) is 2.57. The van der Waals surface area contributed by atoms with Gasteiger partial charge in [-0.25, -0.2) is 0 Å². The molecule has 0 radical (unpaired) electrons. The van der Waals surface area contributed by atoms with Gasteiger partial charge in [0, 0.05) is 26.3 Å². The number of ether oxygens (including phenoxy) is 1. The maximum atomic E-state index is 5.51. The van der Waals surface area contributed by atoms with Crippen LogP contribution in [0.15, 0.2) is 0 Å². The summed E-state index contributed by atoms with van der Waals surface area (Å²) in [5, 5.41) is 0. The smallest absolute Gasteiger partial charge is 0.0472 e. The Morgan fingerprint density at radius 3 is 2.44 bits per heavy atom. The van der Waals surface area contributed by atoms with Gasteiger partial charge in [0.15, 0.2) is 0 Å².